The number of hydrogen-bond acceptors (Lipinski definition) is 2. The lowest BCUT2D eigenvalue weighted by Crippen LogP contribution is -2.55. The highest BCUT2D eigenvalue weighted by atomic mass is 19.2. The average molecular weight is 1160 g/mol. The number of nitrogens with zero attached hydrogens (tertiary/aromatic N) is 2. The molecule has 11 aromatic carbocycles. The summed E-state index contributed by atoms with van der Waals surface area (Å²) in [6.07, 6.45) is 5.08. The van der Waals surface area contributed by atoms with Gasteiger partial charge in [-0.05, 0) is 175 Å². The van der Waals surface area contributed by atoms with E-state index >= 15 is 35.1 Å². The van der Waals surface area contributed by atoms with E-state index < -0.39 is 91.5 Å². The molecule has 12 heteroatoms. The standard InChI is InChI=1S/C74H54F10N2/c1-71-31-9-11-33-73(71,3)85(69-65(81)61(77)59(75)62(78)66(69)82)55-29-25-43(37-53(55)71)41-23-27-49-51(35-41)57(47-21-13-17-39-15-5-7-19-45(39)47)50-28-24-42(36-52(50)58(49)48-22-14-18-40-16-6-8-20-46(40)48)44-26-30-56-54(38-44)72(2)32-10-12-34-74(72,4)86(56)70-67(83)63(79)60(76)64(80)68(70)84/h5-8,13-30,35-38H,9-12,31-34H2,1-4H3. The quantitative estimate of drug-likeness (QED) is 0.0709. The SMILES string of the molecule is CC12CCCCC1(C)N(c1c(F)c(F)c(F)c(F)c1F)c1ccc(-c3ccc4c(-c5cccc6ccccc56)c5cc(-c6ccc7c(c6)C6(C)CCCCC6(C)N7c6c(F)c(F)c(F)c(F)c6F)ccc5c(-c5cccc6ccccc56)c4c3)cc12. The Morgan fingerprint density at radius 1 is 0.302 bits per heavy atom. The summed E-state index contributed by atoms with van der Waals surface area (Å²) in [5.74, 6) is -19.9. The van der Waals surface area contributed by atoms with Crippen LogP contribution in [0.1, 0.15) is 90.2 Å². The van der Waals surface area contributed by atoms with Crippen LogP contribution in [0.25, 0.3) is 87.6 Å². The van der Waals surface area contributed by atoms with Crippen LogP contribution in [-0.2, 0) is 10.8 Å². The van der Waals surface area contributed by atoms with Gasteiger partial charge in [-0.2, -0.15) is 0 Å². The second-order valence-electron chi connectivity index (χ2n) is 24.9. The summed E-state index contributed by atoms with van der Waals surface area (Å²) in [5, 5.41) is 7.80. The summed E-state index contributed by atoms with van der Waals surface area (Å²) < 4.78 is 154. The van der Waals surface area contributed by atoms with Crippen LogP contribution >= 0.6 is 0 Å². The molecule has 15 rings (SSSR count). The van der Waals surface area contributed by atoms with Crippen molar-refractivity contribution in [2.75, 3.05) is 9.80 Å². The molecule has 0 spiro atoms. The summed E-state index contributed by atoms with van der Waals surface area (Å²) in [4.78, 5) is 2.73. The first-order valence-corrected chi connectivity index (χ1v) is 29.2. The van der Waals surface area contributed by atoms with Gasteiger partial charge in [0.2, 0.25) is 11.6 Å². The summed E-state index contributed by atoms with van der Waals surface area (Å²) in [6, 6.07) is 53.0. The number of hydrogen-bond donors (Lipinski definition) is 0. The maximum atomic E-state index is 16.1. The minimum atomic E-state index is -2.20. The van der Waals surface area contributed by atoms with Crippen molar-refractivity contribution in [1.82, 2.24) is 0 Å². The van der Waals surface area contributed by atoms with Crippen molar-refractivity contribution in [2.45, 2.75) is 101 Å². The maximum absolute atomic E-state index is 16.1. The highest BCUT2D eigenvalue weighted by molar-refractivity contribution is 6.26. The van der Waals surface area contributed by atoms with E-state index in [1.54, 1.807) is 12.1 Å². The van der Waals surface area contributed by atoms with Crippen molar-refractivity contribution < 1.29 is 43.9 Å². The van der Waals surface area contributed by atoms with Crippen LogP contribution in [0.3, 0.4) is 0 Å². The third-order valence-corrected chi connectivity index (χ3v) is 20.9. The predicted molar refractivity (Wildman–Crippen MR) is 323 cm³/mol. The van der Waals surface area contributed by atoms with E-state index in [4.69, 9.17) is 0 Å². The first-order valence-electron chi connectivity index (χ1n) is 29.2. The molecule has 4 unspecified atom stereocenters. The van der Waals surface area contributed by atoms with Gasteiger partial charge in [-0.3, -0.25) is 0 Å². The highest BCUT2D eigenvalue weighted by Gasteiger charge is 2.61. The van der Waals surface area contributed by atoms with E-state index in [2.05, 4.69) is 84.9 Å². The first kappa shape index (κ1) is 54.0. The van der Waals surface area contributed by atoms with Gasteiger partial charge < -0.3 is 9.80 Å². The van der Waals surface area contributed by atoms with Crippen molar-refractivity contribution in [2.24, 2.45) is 0 Å². The second kappa shape index (κ2) is 18.9. The molecule has 2 aliphatic heterocycles. The molecule has 2 heterocycles. The lowest BCUT2D eigenvalue weighted by atomic mass is 9.61. The van der Waals surface area contributed by atoms with Gasteiger partial charge in [-0.15, -0.1) is 0 Å². The van der Waals surface area contributed by atoms with Gasteiger partial charge in [-0.1, -0.05) is 161 Å². The molecule has 2 aliphatic carbocycles. The smallest absolute Gasteiger partial charge is 0.200 e. The maximum Gasteiger partial charge on any atom is 0.200 e. The molecule has 0 bridgehead atoms. The van der Waals surface area contributed by atoms with Gasteiger partial charge in [0, 0.05) is 22.2 Å². The van der Waals surface area contributed by atoms with Crippen molar-refractivity contribution in [3.63, 3.8) is 0 Å². The Labute approximate surface area is 489 Å². The van der Waals surface area contributed by atoms with Gasteiger partial charge >= 0.3 is 0 Å². The topological polar surface area (TPSA) is 6.48 Å². The van der Waals surface area contributed by atoms with Crippen LogP contribution in [0.2, 0.25) is 0 Å². The molecule has 0 saturated heterocycles. The van der Waals surface area contributed by atoms with Crippen LogP contribution in [0.5, 0.6) is 0 Å². The molecular formula is C74H54F10N2. The monoisotopic (exact) mass is 1160 g/mol. The predicted octanol–water partition coefficient (Wildman–Crippen LogP) is 21.8. The Morgan fingerprint density at radius 3 is 1.02 bits per heavy atom. The van der Waals surface area contributed by atoms with E-state index in [0.717, 1.165) is 112 Å². The van der Waals surface area contributed by atoms with E-state index in [1.807, 2.05) is 88.4 Å². The molecule has 86 heavy (non-hydrogen) atoms. The minimum absolute atomic E-state index is 0.380. The second-order valence-corrected chi connectivity index (χ2v) is 24.9. The van der Waals surface area contributed by atoms with Crippen molar-refractivity contribution in [3.8, 4) is 44.5 Å². The molecule has 0 aromatic heterocycles. The fourth-order valence-electron chi connectivity index (χ4n) is 16.2. The zero-order chi connectivity index (χ0) is 59.7. The zero-order valence-corrected chi connectivity index (χ0v) is 47.3. The zero-order valence-electron chi connectivity index (χ0n) is 47.3. The summed E-state index contributed by atoms with van der Waals surface area (Å²) >= 11 is 0. The molecule has 0 radical (unpaired) electrons. The van der Waals surface area contributed by atoms with Crippen LogP contribution in [-0.4, -0.2) is 11.1 Å². The third-order valence-electron chi connectivity index (χ3n) is 20.9. The van der Waals surface area contributed by atoms with Gasteiger partial charge in [0.15, 0.2) is 46.5 Å². The van der Waals surface area contributed by atoms with Gasteiger partial charge in [-0.25, -0.2) is 43.9 Å². The van der Waals surface area contributed by atoms with Crippen LogP contribution in [0, 0.1) is 58.2 Å². The molecule has 0 amide bonds. The Kier molecular flexibility index (Phi) is 11.9. The Balaban J connectivity index is 0.981. The number of benzene rings is 11. The Morgan fingerprint density at radius 2 is 0.628 bits per heavy atom. The molecular weight excluding hydrogens is 1110 g/mol. The molecule has 0 N–H and O–H groups in total. The van der Waals surface area contributed by atoms with Crippen LogP contribution in [0.4, 0.5) is 66.7 Å². The summed E-state index contributed by atoms with van der Waals surface area (Å²) in [5.41, 5.74) is 3.80. The molecule has 2 fully saturated rings. The third kappa shape index (κ3) is 7.15. The Bertz CT molecular complexity index is 4420. The molecule has 4 aliphatic rings. The van der Waals surface area contributed by atoms with Crippen LogP contribution in [0.15, 0.2) is 158 Å². The lowest BCUT2D eigenvalue weighted by molar-refractivity contribution is 0.192. The number of rotatable bonds is 6. The largest absolute Gasteiger partial charge is 0.329 e. The van der Waals surface area contributed by atoms with E-state index in [0.29, 0.717) is 49.9 Å². The molecule has 430 valence electrons. The summed E-state index contributed by atoms with van der Waals surface area (Å²) in [6.45, 7) is 7.78. The molecule has 11 aromatic rings. The first-order chi connectivity index (χ1) is 41.3. The Hall–Kier alpha value is -8.64. The highest BCUT2D eigenvalue weighted by Crippen LogP contribution is 2.64. The minimum Gasteiger partial charge on any atom is -0.329 e. The van der Waals surface area contributed by atoms with E-state index in [1.165, 1.54) is 9.80 Å². The van der Waals surface area contributed by atoms with E-state index in [9.17, 15) is 8.78 Å². The van der Waals surface area contributed by atoms with E-state index in [-0.39, 0.29) is 0 Å². The average Bonchev–Trinajstić information content (AvgIpc) is 1.52. The molecule has 4 atom stereocenters. The number of anilines is 4. The molecule has 2 saturated carbocycles. The normalized spacial score (nSPS) is 21.6. The molecule has 2 nitrogen and oxygen atoms in total. The van der Waals surface area contributed by atoms with Gasteiger partial charge in [0.05, 0.1) is 11.1 Å². The summed E-state index contributed by atoms with van der Waals surface area (Å²) in [7, 11) is 0. The van der Waals surface area contributed by atoms with Crippen molar-refractivity contribution in [1.29, 1.82) is 0 Å². The fourth-order valence-corrected chi connectivity index (χ4v) is 16.2. The van der Waals surface area contributed by atoms with Crippen LogP contribution < -0.4 is 9.80 Å². The van der Waals surface area contributed by atoms with Gasteiger partial charge in [0.25, 0.3) is 0 Å². The van der Waals surface area contributed by atoms with Gasteiger partial charge in [0.1, 0.15) is 11.4 Å². The lowest BCUT2D eigenvalue weighted by Gasteiger charge is -2.50. The number of fused-ring (bicyclic) bond motifs is 10. The van der Waals surface area contributed by atoms with Crippen molar-refractivity contribution >= 4 is 65.8 Å². The van der Waals surface area contributed by atoms with Crippen molar-refractivity contribution in [3.05, 3.63) is 227 Å². The number of halogens is 10. The fraction of sp³-hybridized carbons (Fsp3) is 0.216.